The lowest BCUT2D eigenvalue weighted by atomic mass is 10.2. The molecule has 0 spiro atoms. The third-order valence-corrected chi connectivity index (χ3v) is 4.33. The summed E-state index contributed by atoms with van der Waals surface area (Å²) in [6.07, 6.45) is 3.54. The summed E-state index contributed by atoms with van der Waals surface area (Å²) in [6, 6.07) is 21.4. The lowest BCUT2D eigenvalue weighted by molar-refractivity contribution is 0.463. The summed E-state index contributed by atoms with van der Waals surface area (Å²) in [4.78, 5) is 6.58. The fraction of sp³-hybridized carbons (Fsp3) is 0.379. The van der Waals surface area contributed by atoms with Gasteiger partial charge in [0, 0.05) is 37.1 Å². The molecule has 0 unspecified atom stereocenters. The molecule has 1 heterocycles. The van der Waals surface area contributed by atoms with Crippen LogP contribution in [0.2, 0.25) is 0 Å². The Morgan fingerprint density at radius 2 is 1.50 bits per heavy atom. The number of rotatable bonds is 8. The second kappa shape index (κ2) is 19.2. The van der Waals surface area contributed by atoms with Crippen LogP contribution in [0.1, 0.15) is 65.5 Å². The van der Waals surface area contributed by atoms with Crippen molar-refractivity contribution >= 4 is 17.7 Å². The second-order valence-electron chi connectivity index (χ2n) is 7.05. The molecule has 0 aliphatic rings. The number of ether oxygens (including phenoxy) is 1. The molecule has 1 aromatic heterocycles. The van der Waals surface area contributed by atoms with E-state index in [2.05, 4.69) is 23.7 Å². The molecule has 0 bridgehead atoms. The zero-order chi connectivity index (χ0) is 25.8. The van der Waals surface area contributed by atoms with Crippen LogP contribution in [0.15, 0.2) is 66.7 Å². The normalized spacial score (nSPS) is 9.15. The number of hydrogen-bond acceptors (Lipinski definition) is 5. The van der Waals surface area contributed by atoms with Crippen molar-refractivity contribution in [2.24, 2.45) is 0 Å². The van der Waals surface area contributed by atoms with Crippen molar-refractivity contribution in [3.05, 3.63) is 77.9 Å². The van der Waals surface area contributed by atoms with Crippen LogP contribution in [0.4, 0.5) is 11.5 Å². The number of anilines is 2. The van der Waals surface area contributed by atoms with Gasteiger partial charge in [-0.1, -0.05) is 89.6 Å². The summed E-state index contributed by atoms with van der Waals surface area (Å²) >= 11 is 0. The largest absolute Gasteiger partial charge is 0.439 e. The van der Waals surface area contributed by atoms with Gasteiger partial charge >= 0.3 is 0 Å². The minimum Gasteiger partial charge on any atom is -0.439 e. The van der Waals surface area contributed by atoms with Crippen LogP contribution < -0.4 is 15.4 Å². The van der Waals surface area contributed by atoms with E-state index in [1.807, 2.05) is 101 Å². The van der Waals surface area contributed by atoms with E-state index in [4.69, 9.17) is 15.9 Å². The average Bonchev–Trinajstić information content (AvgIpc) is 2.87. The molecule has 5 heteroatoms. The first-order valence-electron chi connectivity index (χ1n) is 12.4. The highest BCUT2D eigenvalue weighted by atomic mass is 16.5. The fourth-order valence-electron chi connectivity index (χ4n) is 3.03. The molecule has 5 nitrogen and oxygen atoms in total. The summed E-state index contributed by atoms with van der Waals surface area (Å²) in [5, 5.41) is 6.92. The van der Waals surface area contributed by atoms with Crippen LogP contribution in [-0.2, 0) is 0 Å². The highest BCUT2D eigenvalue weighted by molar-refractivity contribution is 5.76. The molecule has 2 aromatic carbocycles. The van der Waals surface area contributed by atoms with Crippen molar-refractivity contribution < 1.29 is 4.74 Å². The van der Waals surface area contributed by atoms with Gasteiger partial charge in [0.15, 0.2) is 0 Å². The van der Waals surface area contributed by atoms with Crippen molar-refractivity contribution in [1.29, 1.82) is 5.41 Å². The molecule has 0 aliphatic carbocycles. The molecule has 0 saturated carbocycles. The molecule has 3 N–H and O–H groups in total. The Morgan fingerprint density at radius 3 is 2.00 bits per heavy atom. The number of nitrogens with two attached hydrogens (primary N) is 1. The summed E-state index contributed by atoms with van der Waals surface area (Å²) in [5.74, 6) is 1.78. The summed E-state index contributed by atoms with van der Waals surface area (Å²) in [7, 11) is 0. The van der Waals surface area contributed by atoms with Gasteiger partial charge < -0.3 is 20.8 Å². The molecule has 0 amide bonds. The first-order chi connectivity index (χ1) is 16.5. The third kappa shape index (κ3) is 12.0. The smallest absolute Gasteiger partial charge is 0.223 e. The van der Waals surface area contributed by atoms with Gasteiger partial charge in [-0.05, 0) is 37.5 Å². The van der Waals surface area contributed by atoms with Gasteiger partial charge in [-0.25, -0.2) is 0 Å². The van der Waals surface area contributed by atoms with Crippen molar-refractivity contribution in [3.63, 3.8) is 0 Å². The van der Waals surface area contributed by atoms with Crippen molar-refractivity contribution in [1.82, 2.24) is 4.98 Å². The van der Waals surface area contributed by atoms with E-state index in [1.54, 1.807) is 0 Å². The van der Waals surface area contributed by atoms with E-state index in [1.165, 1.54) is 11.8 Å². The van der Waals surface area contributed by atoms with Gasteiger partial charge in [-0.15, -0.1) is 0 Å². The van der Waals surface area contributed by atoms with Crippen LogP contribution in [0.25, 0.3) is 0 Å². The number of nitrogens with one attached hydrogen (secondary N) is 1. The molecule has 3 rings (SSSR count). The number of aromatic nitrogens is 1. The number of pyridine rings is 1. The minimum absolute atomic E-state index is 0.482. The maximum atomic E-state index is 6.92. The first-order valence-corrected chi connectivity index (χ1v) is 12.4. The molecular weight excluding hydrogens is 420 g/mol. The number of nitrogen functional groups attached to an aromatic ring is 1. The number of nitrogens with zero attached hydrogens (tertiary/aromatic N) is 2. The van der Waals surface area contributed by atoms with Gasteiger partial charge in [-0.3, -0.25) is 0 Å². The van der Waals surface area contributed by atoms with E-state index in [9.17, 15) is 0 Å². The van der Waals surface area contributed by atoms with Crippen molar-refractivity contribution in [2.75, 3.05) is 23.7 Å². The van der Waals surface area contributed by atoms with E-state index >= 15 is 0 Å². The van der Waals surface area contributed by atoms with Gasteiger partial charge in [0.2, 0.25) is 5.88 Å². The predicted octanol–water partition coefficient (Wildman–Crippen LogP) is 8.13. The molecule has 3 aromatic rings. The lowest BCUT2D eigenvalue weighted by Gasteiger charge is -2.24. The van der Waals surface area contributed by atoms with Crippen molar-refractivity contribution in [2.45, 2.75) is 61.3 Å². The van der Waals surface area contributed by atoms with Crippen LogP contribution in [0, 0.1) is 12.3 Å². The lowest BCUT2D eigenvalue weighted by Crippen LogP contribution is -2.25. The van der Waals surface area contributed by atoms with E-state index in [-0.39, 0.29) is 0 Å². The zero-order valence-electron chi connectivity index (χ0n) is 22.1. The Morgan fingerprint density at radius 1 is 0.882 bits per heavy atom. The zero-order valence-corrected chi connectivity index (χ0v) is 22.1. The molecule has 186 valence electrons. The molecule has 0 atom stereocenters. The molecule has 34 heavy (non-hydrogen) atoms. The molecular formula is C29H44N4O. The van der Waals surface area contributed by atoms with Gasteiger partial charge in [0.25, 0.3) is 0 Å². The maximum absolute atomic E-state index is 6.92. The van der Waals surface area contributed by atoms with Gasteiger partial charge in [0.1, 0.15) is 11.6 Å². The molecule has 0 fully saturated rings. The minimum atomic E-state index is 0.482. The van der Waals surface area contributed by atoms with Crippen LogP contribution >= 0.6 is 0 Å². The van der Waals surface area contributed by atoms with Gasteiger partial charge in [0.05, 0.1) is 0 Å². The number of aryl methyl sites for hydroxylation is 1. The highest BCUT2D eigenvalue weighted by Gasteiger charge is 2.09. The van der Waals surface area contributed by atoms with Crippen LogP contribution in [-0.4, -0.2) is 24.3 Å². The Kier molecular flexibility index (Phi) is 17.3. The summed E-state index contributed by atoms with van der Waals surface area (Å²) in [5.41, 5.74) is 9.16. The van der Waals surface area contributed by atoms with E-state index < -0.39 is 0 Å². The summed E-state index contributed by atoms with van der Waals surface area (Å²) in [6.45, 7) is 16.4. The topological polar surface area (TPSA) is 75.2 Å². The quantitative estimate of drug-likeness (QED) is 0.330. The van der Waals surface area contributed by atoms with E-state index in [0.29, 0.717) is 11.7 Å². The molecule has 0 saturated heterocycles. The Labute approximate surface area is 207 Å². The number of hydrogen-bond donors (Lipinski definition) is 2. The number of benzene rings is 2. The van der Waals surface area contributed by atoms with Crippen molar-refractivity contribution in [3.8, 4) is 11.6 Å². The summed E-state index contributed by atoms with van der Waals surface area (Å²) < 4.78 is 5.79. The second-order valence-corrected chi connectivity index (χ2v) is 7.05. The van der Waals surface area contributed by atoms with Gasteiger partial charge in [-0.2, -0.15) is 4.98 Å². The number of para-hydroxylation sites is 1. The Bertz CT molecular complexity index is 907. The monoisotopic (exact) mass is 464 g/mol. The Hall–Kier alpha value is -3.34. The standard InChI is InChI=1S/C17H23N3O.C8H9N.2C2H6/c1-3-10-20(11-4-2)14-12-16(18)19-17(13-14)21-15-8-6-5-7-9-15;1-7-3-2-4-8(5-7)6-9;2*1-2/h5-9,12-13H,3-4,10-11H2,1-2H3,(H2,18,19);2-6,9H,1H3;2*1-2H3. The predicted molar refractivity (Wildman–Crippen MR) is 150 cm³/mol. The maximum Gasteiger partial charge on any atom is 0.223 e. The average molecular weight is 465 g/mol. The highest BCUT2D eigenvalue weighted by Crippen LogP contribution is 2.26. The SMILES string of the molecule is CC.CC.CCCN(CCC)c1cc(N)nc(Oc2ccccc2)c1.Cc1cccc(C=N)c1. The third-order valence-electron chi connectivity index (χ3n) is 4.33. The van der Waals surface area contributed by atoms with E-state index in [0.717, 1.165) is 42.9 Å². The molecule has 0 radical (unpaired) electrons. The fourth-order valence-corrected chi connectivity index (χ4v) is 3.03. The Balaban J connectivity index is 0.000000698. The van der Waals surface area contributed by atoms with Crippen LogP contribution in [0.3, 0.4) is 0 Å². The van der Waals surface area contributed by atoms with Crippen LogP contribution in [0.5, 0.6) is 11.6 Å². The first kappa shape index (κ1) is 30.7. The molecule has 0 aliphatic heterocycles.